The highest BCUT2D eigenvalue weighted by atomic mass is 16.5. The van der Waals surface area contributed by atoms with Gasteiger partial charge in [0.15, 0.2) is 0 Å². The summed E-state index contributed by atoms with van der Waals surface area (Å²) >= 11 is 0. The highest BCUT2D eigenvalue weighted by Crippen LogP contribution is 2.22. The molecule has 0 bridgehead atoms. The van der Waals surface area contributed by atoms with E-state index in [1.54, 1.807) is 7.11 Å². The van der Waals surface area contributed by atoms with E-state index in [0.29, 0.717) is 18.5 Å². The van der Waals surface area contributed by atoms with Crippen LogP contribution in [0.5, 0.6) is 0 Å². The Balaban J connectivity index is 2.56. The SMILES string of the molecule is COCCN1C(C)CN(C(=O)CC(C)(C)C)CC1C. The predicted molar refractivity (Wildman–Crippen MR) is 78.2 cm³/mol. The van der Waals surface area contributed by atoms with Crippen molar-refractivity contribution in [2.75, 3.05) is 33.4 Å². The molecule has 1 saturated heterocycles. The maximum Gasteiger partial charge on any atom is 0.223 e. The Kier molecular flexibility index (Phi) is 5.81. The molecule has 0 aliphatic carbocycles. The Morgan fingerprint density at radius 1 is 1.21 bits per heavy atom. The first-order chi connectivity index (χ1) is 8.74. The molecule has 112 valence electrons. The first-order valence-corrected chi connectivity index (χ1v) is 7.27. The number of nitrogens with zero attached hydrogens (tertiary/aromatic N) is 2. The molecule has 1 fully saturated rings. The third-order valence-electron chi connectivity index (χ3n) is 3.69. The quantitative estimate of drug-likeness (QED) is 0.783. The molecule has 0 aromatic carbocycles. The van der Waals surface area contributed by atoms with E-state index in [4.69, 9.17) is 4.74 Å². The number of hydrogen-bond donors (Lipinski definition) is 0. The molecule has 0 spiro atoms. The van der Waals surface area contributed by atoms with E-state index in [1.807, 2.05) is 4.90 Å². The fourth-order valence-electron chi connectivity index (χ4n) is 2.76. The molecule has 1 amide bonds. The van der Waals surface area contributed by atoms with E-state index in [0.717, 1.165) is 26.2 Å². The normalized spacial score (nSPS) is 25.7. The van der Waals surface area contributed by atoms with E-state index < -0.39 is 0 Å². The monoisotopic (exact) mass is 270 g/mol. The second-order valence-corrected chi connectivity index (χ2v) is 6.96. The van der Waals surface area contributed by atoms with Gasteiger partial charge in [-0.25, -0.2) is 0 Å². The molecule has 1 aliphatic rings. The van der Waals surface area contributed by atoms with Gasteiger partial charge in [-0.15, -0.1) is 0 Å². The number of methoxy groups -OCH3 is 1. The Morgan fingerprint density at radius 3 is 2.16 bits per heavy atom. The number of amides is 1. The molecule has 0 radical (unpaired) electrons. The summed E-state index contributed by atoms with van der Waals surface area (Å²) < 4.78 is 5.16. The lowest BCUT2D eigenvalue weighted by Crippen LogP contribution is -2.58. The molecule has 0 aromatic rings. The van der Waals surface area contributed by atoms with Gasteiger partial charge < -0.3 is 9.64 Å². The second-order valence-electron chi connectivity index (χ2n) is 6.96. The number of hydrogen-bond acceptors (Lipinski definition) is 3. The molecule has 1 heterocycles. The summed E-state index contributed by atoms with van der Waals surface area (Å²) in [7, 11) is 1.73. The topological polar surface area (TPSA) is 32.8 Å². The minimum atomic E-state index is 0.0662. The molecule has 4 nitrogen and oxygen atoms in total. The van der Waals surface area contributed by atoms with E-state index in [9.17, 15) is 4.79 Å². The van der Waals surface area contributed by atoms with Gasteiger partial charge in [-0.3, -0.25) is 9.69 Å². The molecule has 2 atom stereocenters. The van der Waals surface area contributed by atoms with Crippen molar-refractivity contribution in [3.8, 4) is 0 Å². The summed E-state index contributed by atoms with van der Waals surface area (Å²) in [4.78, 5) is 16.8. The van der Waals surface area contributed by atoms with Gasteiger partial charge in [-0.05, 0) is 19.3 Å². The van der Waals surface area contributed by atoms with Crippen LogP contribution in [0.25, 0.3) is 0 Å². The van der Waals surface area contributed by atoms with Gasteiger partial charge in [0.2, 0.25) is 5.91 Å². The Labute approximate surface area is 118 Å². The molecule has 2 unspecified atom stereocenters. The highest BCUT2D eigenvalue weighted by molar-refractivity contribution is 5.77. The van der Waals surface area contributed by atoms with Crippen LogP contribution in [0.15, 0.2) is 0 Å². The summed E-state index contributed by atoms with van der Waals surface area (Å²) in [5, 5.41) is 0. The van der Waals surface area contributed by atoms with Crippen molar-refractivity contribution in [2.45, 2.75) is 53.1 Å². The molecule has 4 heteroatoms. The average Bonchev–Trinajstić information content (AvgIpc) is 2.25. The minimum absolute atomic E-state index is 0.0662. The highest BCUT2D eigenvalue weighted by Gasteiger charge is 2.32. The molecule has 0 N–H and O–H groups in total. The molecule has 1 aliphatic heterocycles. The lowest BCUT2D eigenvalue weighted by molar-refractivity contribution is -0.137. The van der Waals surface area contributed by atoms with E-state index in [2.05, 4.69) is 39.5 Å². The van der Waals surface area contributed by atoms with Crippen molar-refractivity contribution in [3.63, 3.8) is 0 Å². The standard InChI is InChI=1S/C15H30N2O2/c1-12-10-16(14(18)9-15(3,4)5)11-13(2)17(12)7-8-19-6/h12-13H,7-11H2,1-6H3. The zero-order chi connectivity index (χ0) is 14.6. The van der Waals surface area contributed by atoms with Crippen LogP contribution in [0.3, 0.4) is 0 Å². The van der Waals surface area contributed by atoms with Crippen LogP contribution < -0.4 is 0 Å². The smallest absolute Gasteiger partial charge is 0.223 e. The van der Waals surface area contributed by atoms with Crippen LogP contribution in [-0.4, -0.2) is 61.1 Å². The second kappa shape index (κ2) is 6.71. The van der Waals surface area contributed by atoms with Crippen LogP contribution in [0.4, 0.5) is 0 Å². The summed E-state index contributed by atoms with van der Waals surface area (Å²) in [6.45, 7) is 14.1. The van der Waals surface area contributed by atoms with Gasteiger partial charge in [0.25, 0.3) is 0 Å². The number of carbonyl (C=O) groups is 1. The summed E-state index contributed by atoms with van der Waals surface area (Å²) in [5.41, 5.74) is 0.0662. The maximum atomic E-state index is 12.3. The molecular formula is C15H30N2O2. The van der Waals surface area contributed by atoms with Crippen LogP contribution in [0, 0.1) is 5.41 Å². The van der Waals surface area contributed by atoms with Crippen molar-refractivity contribution >= 4 is 5.91 Å². The molecule has 0 saturated carbocycles. The van der Waals surface area contributed by atoms with Crippen LogP contribution in [0.2, 0.25) is 0 Å². The molecular weight excluding hydrogens is 240 g/mol. The van der Waals surface area contributed by atoms with Gasteiger partial charge in [-0.2, -0.15) is 0 Å². The zero-order valence-corrected chi connectivity index (χ0v) is 13.4. The maximum absolute atomic E-state index is 12.3. The predicted octanol–water partition coefficient (Wildman–Crippen LogP) is 1.99. The Hall–Kier alpha value is -0.610. The third-order valence-corrected chi connectivity index (χ3v) is 3.69. The van der Waals surface area contributed by atoms with Crippen LogP contribution in [0.1, 0.15) is 41.0 Å². The van der Waals surface area contributed by atoms with Crippen molar-refractivity contribution in [1.82, 2.24) is 9.80 Å². The van der Waals surface area contributed by atoms with Crippen molar-refractivity contribution < 1.29 is 9.53 Å². The van der Waals surface area contributed by atoms with Gasteiger partial charge >= 0.3 is 0 Å². The van der Waals surface area contributed by atoms with Gasteiger partial charge in [0.1, 0.15) is 0 Å². The van der Waals surface area contributed by atoms with Gasteiger partial charge in [0.05, 0.1) is 6.61 Å². The summed E-state index contributed by atoms with van der Waals surface area (Å²) in [5.74, 6) is 0.289. The fourth-order valence-corrected chi connectivity index (χ4v) is 2.76. The van der Waals surface area contributed by atoms with Crippen molar-refractivity contribution in [3.05, 3.63) is 0 Å². The third kappa shape index (κ3) is 5.11. The van der Waals surface area contributed by atoms with Crippen molar-refractivity contribution in [1.29, 1.82) is 0 Å². The first-order valence-electron chi connectivity index (χ1n) is 7.27. The largest absolute Gasteiger partial charge is 0.383 e. The average molecular weight is 270 g/mol. The van der Waals surface area contributed by atoms with Gasteiger partial charge in [-0.1, -0.05) is 20.8 Å². The van der Waals surface area contributed by atoms with E-state index in [-0.39, 0.29) is 11.3 Å². The lowest BCUT2D eigenvalue weighted by atomic mass is 9.91. The number of carbonyl (C=O) groups excluding carboxylic acids is 1. The van der Waals surface area contributed by atoms with Crippen molar-refractivity contribution in [2.24, 2.45) is 5.41 Å². The first kappa shape index (κ1) is 16.4. The lowest BCUT2D eigenvalue weighted by Gasteiger charge is -2.45. The van der Waals surface area contributed by atoms with E-state index in [1.165, 1.54) is 0 Å². The van der Waals surface area contributed by atoms with E-state index >= 15 is 0 Å². The van der Waals surface area contributed by atoms with Gasteiger partial charge in [0, 0.05) is 45.2 Å². The molecule has 0 aromatic heterocycles. The van der Waals surface area contributed by atoms with Crippen LogP contribution >= 0.6 is 0 Å². The summed E-state index contributed by atoms with van der Waals surface area (Å²) in [6, 6.07) is 0.811. The molecule has 1 rings (SSSR count). The fraction of sp³-hybridized carbons (Fsp3) is 0.933. The number of rotatable bonds is 4. The number of piperazine rings is 1. The zero-order valence-electron chi connectivity index (χ0n) is 13.4. The number of ether oxygens (including phenoxy) is 1. The summed E-state index contributed by atoms with van der Waals surface area (Å²) in [6.07, 6.45) is 0.629. The molecule has 19 heavy (non-hydrogen) atoms. The van der Waals surface area contributed by atoms with Crippen LogP contribution in [-0.2, 0) is 9.53 Å². The minimum Gasteiger partial charge on any atom is -0.383 e. The Bertz CT molecular complexity index is 287. The Morgan fingerprint density at radius 2 is 1.74 bits per heavy atom.